The number of nitrogens with one attached hydrogen (secondary N) is 1. The molecule has 2 heteroatoms. The standard InChI is InChI=1S/C18H31NO/c1-4-9-16-10-7-11-17(15-16)18(19-13-5-2)12-8-14-20-6-3/h7,10-11,15,18-19H,4-6,8-9,12-14H2,1-3H3. The van der Waals surface area contributed by atoms with Crippen molar-refractivity contribution in [2.45, 2.75) is 58.9 Å². The molecule has 0 fully saturated rings. The van der Waals surface area contributed by atoms with E-state index in [1.54, 1.807) is 0 Å². The molecule has 0 saturated heterocycles. The summed E-state index contributed by atoms with van der Waals surface area (Å²) in [6.07, 6.45) is 5.83. The Morgan fingerprint density at radius 1 is 1.15 bits per heavy atom. The van der Waals surface area contributed by atoms with Gasteiger partial charge < -0.3 is 10.1 Å². The van der Waals surface area contributed by atoms with Gasteiger partial charge in [-0.1, -0.05) is 44.5 Å². The third kappa shape index (κ3) is 6.53. The largest absolute Gasteiger partial charge is 0.382 e. The summed E-state index contributed by atoms with van der Waals surface area (Å²) < 4.78 is 5.46. The SMILES string of the molecule is CCCNC(CCCOCC)c1cccc(CCC)c1. The molecule has 0 amide bonds. The van der Waals surface area contributed by atoms with Gasteiger partial charge in [-0.25, -0.2) is 0 Å². The minimum absolute atomic E-state index is 0.465. The third-order valence-electron chi connectivity index (χ3n) is 3.52. The van der Waals surface area contributed by atoms with Crippen LogP contribution < -0.4 is 5.32 Å². The number of benzene rings is 1. The van der Waals surface area contributed by atoms with Gasteiger partial charge in [-0.15, -0.1) is 0 Å². The summed E-state index contributed by atoms with van der Waals surface area (Å²) in [5.41, 5.74) is 2.89. The van der Waals surface area contributed by atoms with Crippen LogP contribution in [0.4, 0.5) is 0 Å². The van der Waals surface area contributed by atoms with Crippen LogP contribution in [0.3, 0.4) is 0 Å². The molecule has 0 aliphatic rings. The Bertz CT molecular complexity index is 351. The van der Waals surface area contributed by atoms with Crippen molar-refractivity contribution >= 4 is 0 Å². The first kappa shape index (κ1) is 17.2. The van der Waals surface area contributed by atoms with Crippen molar-refractivity contribution in [1.82, 2.24) is 5.32 Å². The lowest BCUT2D eigenvalue weighted by Gasteiger charge is -2.20. The summed E-state index contributed by atoms with van der Waals surface area (Å²) in [6.45, 7) is 9.28. The Labute approximate surface area is 124 Å². The highest BCUT2D eigenvalue weighted by atomic mass is 16.5. The highest BCUT2D eigenvalue weighted by Gasteiger charge is 2.10. The van der Waals surface area contributed by atoms with Crippen LogP contribution >= 0.6 is 0 Å². The summed E-state index contributed by atoms with van der Waals surface area (Å²) in [4.78, 5) is 0. The van der Waals surface area contributed by atoms with Crippen molar-refractivity contribution < 1.29 is 4.74 Å². The molecule has 0 spiro atoms. The van der Waals surface area contributed by atoms with Crippen LogP contribution in [0.25, 0.3) is 0 Å². The van der Waals surface area contributed by atoms with Crippen molar-refractivity contribution in [3.8, 4) is 0 Å². The van der Waals surface area contributed by atoms with Gasteiger partial charge in [0.25, 0.3) is 0 Å². The molecule has 1 unspecified atom stereocenters. The Morgan fingerprint density at radius 3 is 2.70 bits per heavy atom. The van der Waals surface area contributed by atoms with Crippen molar-refractivity contribution in [2.75, 3.05) is 19.8 Å². The zero-order valence-electron chi connectivity index (χ0n) is 13.5. The van der Waals surface area contributed by atoms with Crippen LogP contribution in [-0.2, 0) is 11.2 Å². The van der Waals surface area contributed by atoms with Crippen LogP contribution in [0.1, 0.15) is 63.6 Å². The molecule has 0 bridgehead atoms. The van der Waals surface area contributed by atoms with Gasteiger partial charge in [-0.2, -0.15) is 0 Å². The Kier molecular flexibility index (Phi) is 9.35. The smallest absolute Gasteiger partial charge is 0.0466 e. The average Bonchev–Trinajstić information content (AvgIpc) is 2.47. The normalized spacial score (nSPS) is 12.6. The Morgan fingerprint density at radius 2 is 2.00 bits per heavy atom. The van der Waals surface area contributed by atoms with Gasteiger partial charge in [0.15, 0.2) is 0 Å². The van der Waals surface area contributed by atoms with Gasteiger partial charge >= 0.3 is 0 Å². The highest BCUT2D eigenvalue weighted by molar-refractivity contribution is 5.26. The van der Waals surface area contributed by atoms with E-state index in [9.17, 15) is 0 Å². The number of hydrogen-bond acceptors (Lipinski definition) is 2. The maximum absolute atomic E-state index is 5.46. The van der Waals surface area contributed by atoms with E-state index >= 15 is 0 Å². The fourth-order valence-electron chi connectivity index (χ4n) is 2.49. The van der Waals surface area contributed by atoms with E-state index in [1.807, 2.05) is 0 Å². The summed E-state index contributed by atoms with van der Waals surface area (Å²) >= 11 is 0. The number of rotatable bonds is 11. The van der Waals surface area contributed by atoms with Crippen molar-refractivity contribution in [3.63, 3.8) is 0 Å². The topological polar surface area (TPSA) is 21.3 Å². The van der Waals surface area contributed by atoms with E-state index < -0.39 is 0 Å². The van der Waals surface area contributed by atoms with Crippen LogP contribution in [0.5, 0.6) is 0 Å². The van der Waals surface area contributed by atoms with E-state index in [0.29, 0.717) is 6.04 Å². The van der Waals surface area contributed by atoms with Crippen LogP contribution in [0, 0.1) is 0 Å². The third-order valence-corrected chi connectivity index (χ3v) is 3.52. The monoisotopic (exact) mass is 277 g/mol. The number of hydrogen-bond donors (Lipinski definition) is 1. The molecule has 0 aromatic heterocycles. The van der Waals surface area contributed by atoms with Crippen molar-refractivity contribution in [1.29, 1.82) is 0 Å². The molecule has 0 radical (unpaired) electrons. The fourth-order valence-corrected chi connectivity index (χ4v) is 2.49. The van der Waals surface area contributed by atoms with Crippen LogP contribution in [0.15, 0.2) is 24.3 Å². The van der Waals surface area contributed by atoms with Gasteiger partial charge in [-0.05, 0) is 50.3 Å². The lowest BCUT2D eigenvalue weighted by molar-refractivity contribution is 0.141. The first-order valence-corrected chi connectivity index (χ1v) is 8.21. The second-order valence-electron chi connectivity index (χ2n) is 5.34. The molecule has 1 atom stereocenters. The molecule has 1 rings (SSSR count). The van der Waals surface area contributed by atoms with E-state index in [-0.39, 0.29) is 0 Å². The van der Waals surface area contributed by atoms with E-state index in [1.165, 1.54) is 30.4 Å². The predicted molar refractivity (Wildman–Crippen MR) is 87.2 cm³/mol. The lowest BCUT2D eigenvalue weighted by atomic mass is 9.98. The summed E-state index contributed by atoms with van der Waals surface area (Å²) in [6, 6.07) is 9.53. The van der Waals surface area contributed by atoms with Gasteiger partial charge in [0.2, 0.25) is 0 Å². The van der Waals surface area contributed by atoms with Crippen molar-refractivity contribution in [3.05, 3.63) is 35.4 Å². The molecule has 1 aromatic rings. The first-order chi connectivity index (χ1) is 9.81. The van der Waals surface area contributed by atoms with E-state index in [4.69, 9.17) is 4.74 Å². The maximum atomic E-state index is 5.46. The van der Waals surface area contributed by atoms with Gasteiger partial charge in [0.05, 0.1) is 0 Å². The first-order valence-electron chi connectivity index (χ1n) is 8.21. The summed E-state index contributed by atoms with van der Waals surface area (Å²) in [5, 5.41) is 3.68. The Balaban J connectivity index is 2.62. The molecule has 20 heavy (non-hydrogen) atoms. The van der Waals surface area contributed by atoms with Crippen LogP contribution in [-0.4, -0.2) is 19.8 Å². The van der Waals surface area contributed by atoms with Crippen LogP contribution in [0.2, 0.25) is 0 Å². The minimum Gasteiger partial charge on any atom is -0.382 e. The molecule has 0 aliphatic heterocycles. The quantitative estimate of drug-likeness (QED) is 0.601. The molecular weight excluding hydrogens is 246 g/mol. The molecule has 1 aromatic carbocycles. The van der Waals surface area contributed by atoms with Gasteiger partial charge in [-0.3, -0.25) is 0 Å². The minimum atomic E-state index is 0.465. The molecular formula is C18H31NO. The molecule has 0 saturated carbocycles. The van der Waals surface area contributed by atoms with Gasteiger partial charge in [0, 0.05) is 19.3 Å². The number of aryl methyl sites for hydroxylation is 1. The predicted octanol–water partition coefficient (Wildman–Crippen LogP) is 4.50. The molecule has 0 heterocycles. The van der Waals surface area contributed by atoms with Gasteiger partial charge in [0.1, 0.15) is 0 Å². The molecule has 0 aliphatic carbocycles. The number of ether oxygens (including phenoxy) is 1. The maximum Gasteiger partial charge on any atom is 0.0466 e. The summed E-state index contributed by atoms with van der Waals surface area (Å²) in [5.74, 6) is 0. The highest BCUT2D eigenvalue weighted by Crippen LogP contribution is 2.20. The Hall–Kier alpha value is -0.860. The van der Waals surface area contributed by atoms with Crippen molar-refractivity contribution in [2.24, 2.45) is 0 Å². The molecule has 114 valence electrons. The summed E-state index contributed by atoms with van der Waals surface area (Å²) in [7, 11) is 0. The lowest BCUT2D eigenvalue weighted by Crippen LogP contribution is -2.22. The second kappa shape index (κ2) is 10.9. The fraction of sp³-hybridized carbons (Fsp3) is 0.667. The average molecular weight is 277 g/mol. The second-order valence-corrected chi connectivity index (χ2v) is 5.34. The van der Waals surface area contributed by atoms with E-state index in [0.717, 1.165) is 32.6 Å². The zero-order chi connectivity index (χ0) is 14.6. The molecule has 2 nitrogen and oxygen atoms in total. The van der Waals surface area contributed by atoms with E-state index in [2.05, 4.69) is 50.4 Å². The zero-order valence-corrected chi connectivity index (χ0v) is 13.5. The molecule has 1 N–H and O–H groups in total.